The van der Waals surface area contributed by atoms with Crippen LogP contribution in [0.25, 0.3) is 6.08 Å². The van der Waals surface area contributed by atoms with Crippen LogP contribution in [0.3, 0.4) is 0 Å². The number of benzene rings is 1. The topological polar surface area (TPSA) is 12.0 Å². The average Bonchev–Trinajstić information content (AvgIpc) is 2.16. The number of rotatable bonds is 3. The Morgan fingerprint density at radius 3 is 2.36 bits per heavy atom. The molecule has 0 amide bonds. The predicted octanol–water partition coefficient (Wildman–Crippen LogP) is 2.59. The van der Waals surface area contributed by atoms with E-state index in [1.54, 1.807) is 13.1 Å². The molecular weight excluding hydrogens is 184 g/mol. The van der Waals surface area contributed by atoms with Gasteiger partial charge in [-0.25, -0.2) is 8.78 Å². The zero-order valence-corrected chi connectivity index (χ0v) is 8.22. The summed E-state index contributed by atoms with van der Waals surface area (Å²) in [6, 6.07) is 3.93. The Morgan fingerprint density at radius 1 is 1.29 bits per heavy atom. The van der Waals surface area contributed by atoms with Gasteiger partial charge in [-0.1, -0.05) is 18.2 Å². The first kappa shape index (κ1) is 10.9. The molecule has 1 N–H and O–H groups in total. The molecule has 1 rings (SSSR count). The maximum Gasteiger partial charge on any atom is 0.133 e. The van der Waals surface area contributed by atoms with Gasteiger partial charge < -0.3 is 5.32 Å². The number of likely N-dealkylation sites (N-methyl/N-ethyl adjacent to an activating group) is 1. The fourth-order valence-electron chi connectivity index (χ4n) is 1.01. The van der Waals surface area contributed by atoms with Crippen LogP contribution in [0.1, 0.15) is 12.5 Å². The van der Waals surface area contributed by atoms with Crippen LogP contribution in [-0.4, -0.2) is 13.1 Å². The zero-order chi connectivity index (χ0) is 10.6. The third-order valence-electron chi connectivity index (χ3n) is 2.01. The van der Waals surface area contributed by atoms with Crippen molar-refractivity contribution in [2.24, 2.45) is 0 Å². The molecule has 0 aliphatic heterocycles. The third kappa shape index (κ3) is 2.64. The van der Waals surface area contributed by atoms with Gasteiger partial charge in [-0.2, -0.15) is 0 Å². The summed E-state index contributed by atoms with van der Waals surface area (Å²) >= 11 is 0. The third-order valence-corrected chi connectivity index (χ3v) is 2.01. The molecule has 3 heteroatoms. The van der Waals surface area contributed by atoms with Gasteiger partial charge in [-0.15, -0.1) is 0 Å². The molecule has 14 heavy (non-hydrogen) atoms. The summed E-state index contributed by atoms with van der Waals surface area (Å²) in [5, 5.41) is 2.94. The van der Waals surface area contributed by atoms with E-state index in [-0.39, 0.29) is 11.6 Å². The monoisotopic (exact) mass is 197 g/mol. The lowest BCUT2D eigenvalue weighted by Crippen LogP contribution is -2.17. The van der Waals surface area contributed by atoms with Crippen molar-refractivity contribution in [3.05, 3.63) is 41.5 Å². The normalized spacial score (nSPS) is 13.4. The summed E-state index contributed by atoms with van der Waals surface area (Å²) in [4.78, 5) is 0. The van der Waals surface area contributed by atoms with E-state index in [2.05, 4.69) is 5.32 Å². The van der Waals surface area contributed by atoms with Gasteiger partial charge in [-0.3, -0.25) is 0 Å². The van der Waals surface area contributed by atoms with Crippen LogP contribution in [0.5, 0.6) is 0 Å². The van der Waals surface area contributed by atoms with Crippen molar-refractivity contribution in [1.29, 1.82) is 0 Å². The molecule has 0 aromatic heterocycles. The molecule has 1 aromatic carbocycles. The number of hydrogen-bond acceptors (Lipinski definition) is 1. The average molecular weight is 197 g/mol. The van der Waals surface area contributed by atoms with Gasteiger partial charge >= 0.3 is 0 Å². The van der Waals surface area contributed by atoms with Gasteiger partial charge in [0.05, 0.1) is 0 Å². The fraction of sp³-hybridized carbons (Fsp3) is 0.273. The lowest BCUT2D eigenvalue weighted by atomic mass is 10.1. The first-order valence-corrected chi connectivity index (χ1v) is 4.44. The van der Waals surface area contributed by atoms with Crippen molar-refractivity contribution in [2.45, 2.75) is 13.0 Å². The Hall–Kier alpha value is -1.22. The van der Waals surface area contributed by atoms with Crippen molar-refractivity contribution in [3.63, 3.8) is 0 Å². The lowest BCUT2D eigenvalue weighted by molar-refractivity contribution is 0.578. The van der Waals surface area contributed by atoms with E-state index in [9.17, 15) is 8.78 Å². The number of halogens is 2. The largest absolute Gasteiger partial charge is 0.314 e. The molecule has 0 spiro atoms. The van der Waals surface area contributed by atoms with Crippen LogP contribution in [0.4, 0.5) is 8.78 Å². The minimum atomic E-state index is -0.537. The Kier molecular flexibility index (Phi) is 3.77. The van der Waals surface area contributed by atoms with Gasteiger partial charge in [0.15, 0.2) is 0 Å². The van der Waals surface area contributed by atoms with Crippen molar-refractivity contribution in [3.8, 4) is 0 Å². The standard InChI is InChI=1S/C11H13F2N/c1-8(14-2)6-7-9-10(12)4-3-5-11(9)13/h3-8,14H,1-2H3. The van der Waals surface area contributed by atoms with Gasteiger partial charge in [-0.05, 0) is 26.1 Å². The molecule has 1 aromatic rings. The highest BCUT2D eigenvalue weighted by molar-refractivity contribution is 5.51. The van der Waals surface area contributed by atoms with E-state index >= 15 is 0 Å². The van der Waals surface area contributed by atoms with E-state index in [1.165, 1.54) is 24.3 Å². The van der Waals surface area contributed by atoms with Crippen molar-refractivity contribution >= 4 is 6.08 Å². The van der Waals surface area contributed by atoms with Gasteiger partial charge in [0, 0.05) is 11.6 Å². The zero-order valence-electron chi connectivity index (χ0n) is 8.22. The van der Waals surface area contributed by atoms with Crippen molar-refractivity contribution < 1.29 is 8.78 Å². The molecule has 0 saturated carbocycles. The van der Waals surface area contributed by atoms with Crippen molar-refractivity contribution in [1.82, 2.24) is 5.32 Å². The summed E-state index contributed by atoms with van der Waals surface area (Å²) in [5.41, 5.74) is 0.00889. The van der Waals surface area contributed by atoms with Crippen molar-refractivity contribution in [2.75, 3.05) is 7.05 Å². The van der Waals surface area contributed by atoms with Gasteiger partial charge in [0.2, 0.25) is 0 Å². The maximum atomic E-state index is 13.1. The van der Waals surface area contributed by atoms with E-state index < -0.39 is 11.6 Å². The smallest absolute Gasteiger partial charge is 0.133 e. The molecular formula is C11H13F2N. The van der Waals surface area contributed by atoms with Crippen LogP contribution < -0.4 is 5.32 Å². The van der Waals surface area contributed by atoms with E-state index in [0.717, 1.165) is 0 Å². The van der Waals surface area contributed by atoms with Crippen LogP contribution in [0.15, 0.2) is 24.3 Å². The summed E-state index contributed by atoms with van der Waals surface area (Å²) in [6.07, 6.45) is 3.16. The summed E-state index contributed by atoms with van der Waals surface area (Å²) in [7, 11) is 1.78. The van der Waals surface area contributed by atoms with Crippen LogP contribution in [0, 0.1) is 11.6 Å². The highest BCUT2D eigenvalue weighted by atomic mass is 19.1. The molecule has 0 radical (unpaired) electrons. The summed E-state index contributed by atoms with van der Waals surface area (Å²) in [5.74, 6) is -1.07. The first-order chi connectivity index (χ1) is 6.65. The quantitative estimate of drug-likeness (QED) is 0.785. The minimum Gasteiger partial charge on any atom is -0.314 e. The second kappa shape index (κ2) is 4.86. The maximum absolute atomic E-state index is 13.1. The van der Waals surface area contributed by atoms with Gasteiger partial charge in [0.25, 0.3) is 0 Å². The Morgan fingerprint density at radius 2 is 1.86 bits per heavy atom. The molecule has 1 atom stereocenters. The summed E-state index contributed by atoms with van der Waals surface area (Å²) in [6.45, 7) is 1.90. The molecule has 0 fully saturated rings. The van der Waals surface area contributed by atoms with E-state index in [0.29, 0.717) is 0 Å². The number of hydrogen-bond donors (Lipinski definition) is 1. The van der Waals surface area contributed by atoms with E-state index in [1.807, 2.05) is 6.92 Å². The molecule has 1 nitrogen and oxygen atoms in total. The van der Waals surface area contributed by atoms with Crippen LogP contribution in [-0.2, 0) is 0 Å². The molecule has 0 aliphatic carbocycles. The molecule has 0 aliphatic rings. The molecule has 76 valence electrons. The lowest BCUT2D eigenvalue weighted by Gasteiger charge is -2.03. The van der Waals surface area contributed by atoms with Crippen LogP contribution in [0.2, 0.25) is 0 Å². The Labute approximate surface area is 82.4 Å². The molecule has 0 heterocycles. The Bertz CT molecular complexity index is 314. The fourth-order valence-corrected chi connectivity index (χ4v) is 1.01. The number of nitrogens with one attached hydrogen (secondary N) is 1. The molecule has 0 saturated heterocycles. The highest BCUT2D eigenvalue weighted by Crippen LogP contribution is 2.13. The minimum absolute atomic E-state index is 0.00889. The Balaban J connectivity index is 2.91. The first-order valence-electron chi connectivity index (χ1n) is 4.44. The van der Waals surface area contributed by atoms with Crippen LogP contribution >= 0.6 is 0 Å². The molecule has 1 unspecified atom stereocenters. The van der Waals surface area contributed by atoms with Gasteiger partial charge in [0.1, 0.15) is 11.6 Å². The highest BCUT2D eigenvalue weighted by Gasteiger charge is 2.04. The summed E-state index contributed by atoms with van der Waals surface area (Å²) < 4.78 is 26.2. The second-order valence-corrected chi connectivity index (χ2v) is 3.07. The molecule has 0 bridgehead atoms. The predicted molar refractivity (Wildman–Crippen MR) is 53.9 cm³/mol. The SMILES string of the molecule is CNC(C)C=Cc1c(F)cccc1F. The van der Waals surface area contributed by atoms with E-state index in [4.69, 9.17) is 0 Å². The second-order valence-electron chi connectivity index (χ2n) is 3.07.